The third kappa shape index (κ3) is 8.85. The van der Waals surface area contributed by atoms with Crippen LogP contribution in [0.3, 0.4) is 0 Å². The molecule has 0 spiro atoms. The van der Waals surface area contributed by atoms with Crippen LogP contribution < -0.4 is 0 Å². The standard InChI is InChI=1S/C8H9ClO2S.C2N2O4S/c1-5(2)11-8(10)7-3-6(9)4-12-7;5-1-3-9(7,8)4-2-6/h3-5H,1-2H3;. The van der Waals surface area contributed by atoms with Crippen molar-refractivity contribution in [2.45, 2.75) is 20.0 Å². The molecule has 114 valence electrons. The van der Waals surface area contributed by atoms with Crippen LogP contribution in [0.15, 0.2) is 20.2 Å². The van der Waals surface area contributed by atoms with Gasteiger partial charge in [-0.25, -0.2) is 14.4 Å². The van der Waals surface area contributed by atoms with E-state index in [2.05, 4.69) is 8.80 Å². The maximum absolute atomic E-state index is 11.2. The molecular formula is C10H9ClN2O6S2. The Morgan fingerprint density at radius 3 is 2.19 bits per heavy atom. The van der Waals surface area contributed by atoms with E-state index in [-0.39, 0.29) is 12.1 Å². The zero-order valence-corrected chi connectivity index (χ0v) is 13.2. The molecule has 8 nitrogen and oxygen atoms in total. The molecule has 0 saturated heterocycles. The average molecular weight is 353 g/mol. The molecule has 0 aliphatic rings. The van der Waals surface area contributed by atoms with E-state index in [0.29, 0.717) is 22.1 Å². The Morgan fingerprint density at radius 2 is 1.86 bits per heavy atom. The van der Waals surface area contributed by atoms with Crippen molar-refractivity contribution in [3.8, 4) is 0 Å². The van der Waals surface area contributed by atoms with Crippen LogP contribution in [0.25, 0.3) is 0 Å². The number of rotatable bonds is 4. The number of hydrogen-bond donors (Lipinski definition) is 0. The molecule has 0 fully saturated rings. The molecule has 0 radical (unpaired) electrons. The summed E-state index contributed by atoms with van der Waals surface area (Å²) in [4.78, 5) is 30.2. The number of nitrogens with zero attached hydrogens (tertiary/aromatic N) is 2. The largest absolute Gasteiger partial charge is 0.459 e. The summed E-state index contributed by atoms with van der Waals surface area (Å²) in [6, 6.07) is 1.61. The number of ether oxygens (including phenoxy) is 1. The first-order valence-electron chi connectivity index (χ1n) is 5.10. The molecule has 0 amide bonds. The van der Waals surface area contributed by atoms with Crippen LogP contribution in [0.2, 0.25) is 5.02 Å². The molecule has 0 unspecified atom stereocenters. The minimum atomic E-state index is -4.28. The second kappa shape index (κ2) is 9.17. The van der Waals surface area contributed by atoms with E-state index in [1.165, 1.54) is 11.3 Å². The molecule has 1 rings (SSSR count). The van der Waals surface area contributed by atoms with Crippen molar-refractivity contribution in [3.63, 3.8) is 0 Å². The fraction of sp³-hybridized carbons (Fsp3) is 0.300. The Bertz CT molecular complexity index is 660. The lowest BCUT2D eigenvalue weighted by atomic mass is 10.4. The zero-order chi connectivity index (χ0) is 16.5. The zero-order valence-electron chi connectivity index (χ0n) is 10.8. The smallest absolute Gasteiger partial charge is 0.383 e. The summed E-state index contributed by atoms with van der Waals surface area (Å²) in [6.45, 7) is 3.63. The quantitative estimate of drug-likeness (QED) is 0.463. The predicted molar refractivity (Wildman–Crippen MR) is 75.0 cm³/mol. The number of carbonyl (C=O) groups is 1. The van der Waals surface area contributed by atoms with Crippen molar-refractivity contribution in [2.75, 3.05) is 0 Å². The van der Waals surface area contributed by atoms with E-state index in [0.717, 1.165) is 0 Å². The maximum Gasteiger partial charge on any atom is 0.383 e. The molecule has 1 aromatic rings. The number of thiophene rings is 1. The van der Waals surface area contributed by atoms with Crippen LogP contribution in [0, 0.1) is 0 Å². The van der Waals surface area contributed by atoms with E-state index in [1.54, 1.807) is 11.4 Å². The maximum atomic E-state index is 11.2. The highest BCUT2D eigenvalue weighted by Gasteiger charge is 2.10. The van der Waals surface area contributed by atoms with Gasteiger partial charge >= 0.3 is 16.2 Å². The van der Waals surface area contributed by atoms with E-state index in [4.69, 9.17) is 16.3 Å². The van der Waals surface area contributed by atoms with E-state index in [9.17, 15) is 22.8 Å². The molecule has 1 aromatic heterocycles. The van der Waals surface area contributed by atoms with Crippen molar-refractivity contribution in [1.82, 2.24) is 0 Å². The Balaban J connectivity index is 0.000000400. The molecule has 0 aliphatic carbocycles. The van der Waals surface area contributed by atoms with Gasteiger partial charge in [-0.1, -0.05) is 20.4 Å². The van der Waals surface area contributed by atoms with Crippen molar-refractivity contribution < 1.29 is 27.5 Å². The van der Waals surface area contributed by atoms with E-state index in [1.807, 2.05) is 13.8 Å². The van der Waals surface area contributed by atoms with Gasteiger partial charge in [0.15, 0.2) is 0 Å². The van der Waals surface area contributed by atoms with Crippen molar-refractivity contribution in [1.29, 1.82) is 0 Å². The lowest BCUT2D eigenvalue weighted by molar-refractivity contribution is 0.0384. The monoisotopic (exact) mass is 352 g/mol. The molecule has 11 heteroatoms. The van der Waals surface area contributed by atoms with Gasteiger partial charge in [0.2, 0.25) is 0 Å². The van der Waals surface area contributed by atoms with E-state index < -0.39 is 10.2 Å². The minimum absolute atomic E-state index is 0.0848. The minimum Gasteiger partial charge on any atom is -0.459 e. The second-order valence-corrected chi connectivity index (χ2v) is 6.00. The number of hydrogen-bond acceptors (Lipinski definition) is 7. The fourth-order valence-corrected chi connectivity index (χ4v) is 1.99. The van der Waals surface area contributed by atoms with E-state index >= 15 is 0 Å². The highest BCUT2D eigenvalue weighted by Crippen LogP contribution is 2.20. The van der Waals surface area contributed by atoms with Crippen LogP contribution in [-0.2, 0) is 24.5 Å². The third-order valence-corrected chi connectivity index (χ3v) is 3.28. The van der Waals surface area contributed by atoms with Crippen LogP contribution in [-0.4, -0.2) is 32.7 Å². The van der Waals surface area contributed by atoms with Crippen LogP contribution in [0.4, 0.5) is 0 Å². The summed E-state index contributed by atoms with van der Waals surface area (Å²) in [5.41, 5.74) is 0. The summed E-state index contributed by atoms with van der Waals surface area (Å²) in [7, 11) is -4.28. The van der Waals surface area contributed by atoms with Crippen molar-refractivity contribution in [2.24, 2.45) is 8.80 Å². The van der Waals surface area contributed by atoms with Gasteiger partial charge in [0.1, 0.15) is 4.88 Å². The van der Waals surface area contributed by atoms with Crippen molar-refractivity contribution >= 4 is 51.3 Å². The number of halogens is 1. The van der Waals surface area contributed by atoms with Crippen LogP contribution >= 0.6 is 22.9 Å². The lowest BCUT2D eigenvalue weighted by Crippen LogP contribution is -2.09. The lowest BCUT2D eigenvalue weighted by Gasteiger charge is -2.04. The molecule has 21 heavy (non-hydrogen) atoms. The first kappa shape index (κ1) is 19.2. The SMILES string of the molecule is CC(C)OC(=O)c1cc(Cl)cs1.O=C=NS(=O)(=O)N=C=O. The molecule has 0 aromatic carbocycles. The Morgan fingerprint density at radius 1 is 1.33 bits per heavy atom. The average Bonchev–Trinajstić information content (AvgIpc) is 2.75. The first-order chi connectivity index (χ1) is 9.71. The van der Waals surface area contributed by atoms with Crippen LogP contribution in [0.1, 0.15) is 23.5 Å². The highest BCUT2D eigenvalue weighted by molar-refractivity contribution is 7.89. The number of carbonyl (C=O) groups excluding carboxylic acids is 3. The van der Waals surface area contributed by atoms with Gasteiger partial charge in [-0.3, -0.25) is 0 Å². The summed E-state index contributed by atoms with van der Waals surface area (Å²) in [5, 5.41) is 2.29. The van der Waals surface area contributed by atoms with Crippen LogP contribution in [0.5, 0.6) is 0 Å². The third-order valence-electron chi connectivity index (χ3n) is 1.42. The molecule has 1 heterocycles. The summed E-state index contributed by atoms with van der Waals surface area (Å²) in [6.07, 6.45) is 1.33. The predicted octanol–water partition coefficient (Wildman–Crippen LogP) is 1.87. The topological polar surface area (TPSA) is 119 Å². The van der Waals surface area contributed by atoms with Gasteiger partial charge in [0.05, 0.1) is 11.1 Å². The Kier molecular flexibility index (Phi) is 8.37. The molecule has 0 bridgehead atoms. The Hall–Kier alpha value is -1.83. The summed E-state index contributed by atoms with van der Waals surface area (Å²) >= 11 is 6.94. The molecule has 0 aliphatic heterocycles. The Labute approximate surface area is 129 Å². The normalized spacial score (nSPS) is 9.71. The van der Waals surface area contributed by atoms with Gasteiger partial charge in [-0.2, -0.15) is 8.42 Å². The second-order valence-electron chi connectivity index (χ2n) is 3.40. The first-order valence-corrected chi connectivity index (χ1v) is 7.75. The van der Waals surface area contributed by atoms with Gasteiger partial charge in [-0.05, 0) is 19.9 Å². The molecule has 0 saturated carbocycles. The molecular weight excluding hydrogens is 344 g/mol. The van der Waals surface area contributed by atoms with Gasteiger partial charge in [0.25, 0.3) is 12.2 Å². The summed E-state index contributed by atoms with van der Waals surface area (Å²) < 4.78 is 29.3. The summed E-state index contributed by atoms with van der Waals surface area (Å²) in [5.74, 6) is -0.304. The van der Waals surface area contributed by atoms with Gasteiger partial charge < -0.3 is 4.74 Å². The van der Waals surface area contributed by atoms with Gasteiger partial charge in [0, 0.05) is 5.38 Å². The number of isocyanates is 2. The van der Waals surface area contributed by atoms with Crippen molar-refractivity contribution in [3.05, 3.63) is 21.3 Å². The highest BCUT2D eigenvalue weighted by atomic mass is 35.5. The van der Waals surface area contributed by atoms with Gasteiger partial charge in [-0.15, -0.1) is 11.3 Å². The molecule has 0 atom stereocenters. The number of esters is 1. The molecule has 0 N–H and O–H groups in total. The fourth-order valence-electron chi connectivity index (χ4n) is 0.807.